The van der Waals surface area contributed by atoms with E-state index in [1.807, 2.05) is 19.1 Å². The lowest BCUT2D eigenvalue weighted by Gasteiger charge is -2.05. The number of aromatic amines is 1. The summed E-state index contributed by atoms with van der Waals surface area (Å²) in [4.78, 5) is 30.0. The maximum absolute atomic E-state index is 11.7. The first kappa shape index (κ1) is 16.3. The molecule has 0 unspecified atom stereocenters. The Morgan fingerprint density at radius 2 is 2.05 bits per heavy atom. The zero-order chi connectivity index (χ0) is 15.9. The van der Waals surface area contributed by atoms with Crippen LogP contribution in [0.25, 0.3) is 0 Å². The van der Waals surface area contributed by atoms with E-state index in [4.69, 9.17) is 4.74 Å². The van der Waals surface area contributed by atoms with E-state index in [-0.39, 0.29) is 11.5 Å². The van der Waals surface area contributed by atoms with Crippen molar-refractivity contribution in [3.63, 3.8) is 0 Å². The predicted molar refractivity (Wildman–Crippen MR) is 86.2 cm³/mol. The Morgan fingerprint density at radius 3 is 2.68 bits per heavy atom. The van der Waals surface area contributed by atoms with Crippen molar-refractivity contribution in [2.75, 3.05) is 6.61 Å². The highest BCUT2D eigenvalue weighted by Crippen LogP contribution is 2.19. The minimum Gasteiger partial charge on any atom is -0.462 e. The lowest BCUT2D eigenvalue weighted by atomic mass is 10.1. The van der Waals surface area contributed by atoms with Gasteiger partial charge in [0.15, 0.2) is 5.16 Å². The zero-order valence-electron chi connectivity index (χ0n) is 12.6. The Bertz CT molecular complexity index is 695. The van der Waals surface area contributed by atoms with Crippen molar-refractivity contribution in [1.29, 1.82) is 0 Å². The Kier molecular flexibility index (Phi) is 5.77. The molecule has 0 bridgehead atoms. The fraction of sp³-hybridized carbons (Fsp3) is 0.312. The molecular weight excluding hydrogens is 300 g/mol. The van der Waals surface area contributed by atoms with E-state index >= 15 is 0 Å². The SMILES string of the molecule is CCCOC(=O)c1ccc(CSc2nc(C)cc(=O)[nH]2)cc1. The molecule has 5 nitrogen and oxygen atoms in total. The van der Waals surface area contributed by atoms with Gasteiger partial charge in [-0.2, -0.15) is 0 Å². The molecule has 1 N–H and O–H groups in total. The van der Waals surface area contributed by atoms with Crippen LogP contribution < -0.4 is 5.56 Å². The summed E-state index contributed by atoms with van der Waals surface area (Å²) >= 11 is 1.45. The lowest BCUT2D eigenvalue weighted by Crippen LogP contribution is -2.08. The monoisotopic (exact) mass is 318 g/mol. The summed E-state index contributed by atoms with van der Waals surface area (Å²) in [5.41, 5.74) is 2.13. The van der Waals surface area contributed by atoms with Crippen molar-refractivity contribution in [3.05, 3.63) is 57.5 Å². The van der Waals surface area contributed by atoms with E-state index in [0.717, 1.165) is 12.0 Å². The largest absolute Gasteiger partial charge is 0.462 e. The number of benzene rings is 1. The molecule has 0 aliphatic carbocycles. The summed E-state index contributed by atoms with van der Waals surface area (Å²) in [6.45, 7) is 4.18. The number of hydrogen-bond donors (Lipinski definition) is 1. The summed E-state index contributed by atoms with van der Waals surface area (Å²) in [5.74, 6) is 0.363. The fourth-order valence-electron chi connectivity index (χ4n) is 1.79. The van der Waals surface area contributed by atoms with Gasteiger partial charge < -0.3 is 9.72 Å². The predicted octanol–water partition coefficient (Wildman–Crippen LogP) is 2.94. The highest BCUT2D eigenvalue weighted by Gasteiger charge is 2.06. The Balaban J connectivity index is 1.96. The van der Waals surface area contributed by atoms with Gasteiger partial charge in [0.25, 0.3) is 5.56 Å². The molecule has 0 saturated carbocycles. The molecule has 1 heterocycles. The van der Waals surface area contributed by atoms with E-state index in [0.29, 0.717) is 28.8 Å². The highest BCUT2D eigenvalue weighted by atomic mass is 32.2. The number of aryl methyl sites for hydroxylation is 1. The number of nitrogens with zero attached hydrogens (tertiary/aromatic N) is 1. The first-order valence-electron chi connectivity index (χ1n) is 7.05. The van der Waals surface area contributed by atoms with Crippen molar-refractivity contribution in [3.8, 4) is 0 Å². The number of rotatable bonds is 6. The van der Waals surface area contributed by atoms with E-state index in [1.165, 1.54) is 17.8 Å². The summed E-state index contributed by atoms with van der Waals surface area (Å²) < 4.78 is 5.08. The molecule has 6 heteroatoms. The molecule has 22 heavy (non-hydrogen) atoms. The second-order valence-corrected chi connectivity index (χ2v) is 5.78. The van der Waals surface area contributed by atoms with Gasteiger partial charge in [0.2, 0.25) is 0 Å². The number of hydrogen-bond acceptors (Lipinski definition) is 5. The van der Waals surface area contributed by atoms with Gasteiger partial charge in [-0.3, -0.25) is 4.79 Å². The van der Waals surface area contributed by atoms with Gasteiger partial charge in [0.1, 0.15) is 0 Å². The molecule has 0 fully saturated rings. The van der Waals surface area contributed by atoms with Crippen LogP contribution in [0.15, 0.2) is 40.3 Å². The first-order valence-corrected chi connectivity index (χ1v) is 8.04. The third-order valence-electron chi connectivity index (χ3n) is 2.85. The third kappa shape index (κ3) is 4.73. The van der Waals surface area contributed by atoms with Crippen LogP contribution in [0, 0.1) is 6.92 Å². The van der Waals surface area contributed by atoms with Crippen molar-refractivity contribution in [1.82, 2.24) is 9.97 Å². The molecule has 2 rings (SSSR count). The molecule has 0 radical (unpaired) electrons. The van der Waals surface area contributed by atoms with Crippen LogP contribution in [-0.2, 0) is 10.5 Å². The summed E-state index contributed by atoms with van der Waals surface area (Å²) in [6.07, 6.45) is 0.808. The maximum Gasteiger partial charge on any atom is 0.338 e. The van der Waals surface area contributed by atoms with Gasteiger partial charge >= 0.3 is 5.97 Å². The second-order valence-electron chi connectivity index (χ2n) is 4.81. The highest BCUT2D eigenvalue weighted by molar-refractivity contribution is 7.98. The van der Waals surface area contributed by atoms with Crippen molar-refractivity contribution < 1.29 is 9.53 Å². The van der Waals surface area contributed by atoms with Gasteiger partial charge in [-0.15, -0.1) is 0 Å². The molecule has 0 aliphatic rings. The number of aromatic nitrogens is 2. The molecule has 0 aliphatic heterocycles. The number of H-pyrrole nitrogens is 1. The molecule has 0 amide bonds. The van der Waals surface area contributed by atoms with Crippen molar-refractivity contribution >= 4 is 17.7 Å². The Hall–Kier alpha value is -2.08. The maximum atomic E-state index is 11.7. The first-order chi connectivity index (χ1) is 10.6. The second kappa shape index (κ2) is 7.79. The zero-order valence-corrected chi connectivity index (χ0v) is 13.4. The van der Waals surface area contributed by atoms with Gasteiger partial charge in [-0.05, 0) is 31.0 Å². The van der Waals surface area contributed by atoms with Crippen LogP contribution in [-0.4, -0.2) is 22.5 Å². The van der Waals surface area contributed by atoms with Gasteiger partial charge in [0.05, 0.1) is 12.2 Å². The minimum atomic E-state index is -0.300. The molecule has 1 aromatic carbocycles. The van der Waals surface area contributed by atoms with Crippen molar-refractivity contribution in [2.45, 2.75) is 31.2 Å². The number of carbonyl (C=O) groups is 1. The van der Waals surface area contributed by atoms with E-state index in [1.54, 1.807) is 19.1 Å². The Labute approximate surface area is 133 Å². The molecule has 0 saturated heterocycles. The fourth-order valence-corrected chi connectivity index (χ4v) is 2.66. The number of nitrogens with one attached hydrogen (secondary N) is 1. The van der Waals surface area contributed by atoms with Gasteiger partial charge in [-0.25, -0.2) is 9.78 Å². The molecule has 2 aromatic rings. The van der Waals surface area contributed by atoms with Crippen LogP contribution in [0.4, 0.5) is 0 Å². The van der Waals surface area contributed by atoms with Crippen LogP contribution in [0.2, 0.25) is 0 Å². The van der Waals surface area contributed by atoms with Crippen molar-refractivity contribution in [2.24, 2.45) is 0 Å². The van der Waals surface area contributed by atoms with Crippen LogP contribution >= 0.6 is 11.8 Å². The molecular formula is C16H18N2O3S. The normalized spacial score (nSPS) is 10.5. The van der Waals surface area contributed by atoms with Gasteiger partial charge in [0, 0.05) is 17.5 Å². The molecule has 0 atom stereocenters. The summed E-state index contributed by atoms with van der Waals surface area (Å²) in [6, 6.07) is 8.72. The lowest BCUT2D eigenvalue weighted by molar-refractivity contribution is 0.0505. The number of thioether (sulfide) groups is 1. The van der Waals surface area contributed by atoms with E-state index < -0.39 is 0 Å². The Morgan fingerprint density at radius 1 is 1.32 bits per heavy atom. The minimum absolute atomic E-state index is 0.149. The van der Waals surface area contributed by atoms with E-state index in [9.17, 15) is 9.59 Å². The quantitative estimate of drug-likeness (QED) is 0.504. The topological polar surface area (TPSA) is 72.0 Å². The number of carbonyl (C=O) groups excluding carboxylic acids is 1. The van der Waals surface area contributed by atoms with Crippen LogP contribution in [0.5, 0.6) is 0 Å². The molecule has 1 aromatic heterocycles. The average Bonchev–Trinajstić information content (AvgIpc) is 2.50. The smallest absolute Gasteiger partial charge is 0.338 e. The average molecular weight is 318 g/mol. The van der Waals surface area contributed by atoms with Crippen LogP contribution in [0.3, 0.4) is 0 Å². The summed E-state index contributed by atoms with van der Waals surface area (Å²) in [5, 5.41) is 0.594. The van der Waals surface area contributed by atoms with Crippen LogP contribution in [0.1, 0.15) is 35.0 Å². The molecule has 0 spiro atoms. The van der Waals surface area contributed by atoms with E-state index in [2.05, 4.69) is 9.97 Å². The number of esters is 1. The molecule has 116 valence electrons. The number of ether oxygens (including phenoxy) is 1. The van der Waals surface area contributed by atoms with Gasteiger partial charge in [-0.1, -0.05) is 30.8 Å². The third-order valence-corrected chi connectivity index (χ3v) is 3.79. The summed E-state index contributed by atoms with van der Waals surface area (Å²) in [7, 11) is 0. The standard InChI is InChI=1S/C16H18N2O3S/c1-3-8-21-15(20)13-6-4-12(5-7-13)10-22-16-17-11(2)9-14(19)18-16/h4-7,9H,3,8,10H2,1-2H3,(H,17,18,19).